The van der Waals surface area contributed by atoms with Crippen LogP contribution in [0.25, 0.3) is 4.96 Å². The van der Waals surface area contributed by atoms with Crippen LogP contribution in [-0.4, -0.2) is 32.4 Å². The zero-order valence-electron chi connectivity index (χ0n) is 12.3. The molecule has 1 amide bonds. The molecule has 7 heteroatoms. The maximum absolute atomic E-state index is 12.5. The third-order valence-electron chi connectivity index (χ3n) is 4.08. The molecule has 4 rings (SSSR count). The summed E-state index contributed by atoms with van der Waals surface area (Å²) in [4.78, 5) is 19.3. The number of nitrogens with zero attached hydrogens (tertiary/aromatic N) is 4. The number of fused-ring (bicyclic) bond motifs is 2. The van der Waals surface area contributed by atoms with Crippen LogP contribution in [0.2, 0.25) is 0 Å². The van der Waals surface area contributed by atoms with Crippen LogP contribution in [0.3, 0.4) is 0 Å². The van der Waals surface area contributed by atoms with E-state index in [9.17, 15) is 4.79 Å². The zero-order chi connectivity index (χ0) is 15.1. The molecule has 1 aliphatic rings. The highest BCUT2D eigenvalue weighted by atomic mass is 32.1. The molecule has 6 nitrogen and oxygen atoms in total. The summed E-state index contributed by atoms with van der Waals surface area (Å²) in [5.74, 6) is 0.896. The van der Waals surface area contributed by atoms with Crippen LogP contribution in [0.15, 0.2) is 22.3 Å². The molecule has 0 saturated heterocycles. The van der Waals surface area contributed by atoms with Gasteiger partial charge in [-0.05, 0) is 19.3 Å². The molecule has 0 unspecified atom stereocenters. The van der Waals surface area contributed by atoms with Crippen molar-refractivity contribution in [1.82, 2.24) is 19.4 Å². The van der Waals surface area contributed by atoms with Gasteiger partial charge < -0.3 is 9.42 Å². The van der Waals surface area contributed by atoms with Gasteiger partial charge in [0.25, 0.3) is 5.91 Å². The Kier molecular flexibility index (Phi) is 3.22. The van der Waals surface area contributed by atoms with E-state index in [1.165, 1.54) is 16.9 Å². The van der Waals surface area contributed by atoms with Gasteiger partial charge in [0.1, 0.15) is 17.1 Å². The molecule has 0 bridgehead atoms. The van der Waals surface area contributed by atoms with Crippen LogP contribution in [0, 0.1) is 0 Å². The van der Waals surface area contributed by atoms with Crippen molar-refractivity contribution in [2.75, 3.05) is 7.05 Å². The molecule has 0 N–H and O–H groups in total. The Balaban J connectivity index is 1.54. The van der Waals surface area contributed by atoms with Crippen LogP contribution in [0.1, 0.15) is 40.3 Å². The largest absolute Gasteiger partial charge is 0.361 e. The van der Waals surface area contributed by atoms with E-state index < -0.39 is 0 Å². The lowest BCUT2D eigenvalue weighted by Crippen LogP contribution is -2.27. The molecule has 22 heavy (non-hydrogen) atoms. The molecule has 3 heterocycles. The lowest BCUT2D eigenvalue weighted by atomic mass is 9.96. The van der Waals surface area contributed by atoms with Crippen molar-refractivity contribution >= 4 is 22.2 Å². The highest BCUT2D eigenvalue weighted by molar-refractivity contribution is 7.15. The van der Waals surface area contributed by atoms with E-state index in [1.54, 1.807) is 18.1 Å². The first-order valence-corrected chi connectivity index (χ1v) is 8.24. The lowest BCUT2D eigenvalue weighted by Gasteiger charge is -2.16. The van der Waals surface area contributed by atoms with Crippen molar-refractivity contribution in [2.45, 2.75) is 32.2 Å². The number of hydrogen-bond acceptors (Lipinski definition) is 5. The highest BCUT2D eigenvalue weighted by Crippen LogP contribution is 2.25. The van der Waals surface area contributed by atoms with Crippen molar-refractivity contribution in [3.63, 3.8) is 0 Å². The molecule has 114 valence electrons. The molecule has 0 spiro atoms. The van der Waals surface area contributed by atoms with Crippen LogP contribution < -0.4 is 0 Å². The molecular formula is C15H16N4O2S. The fourth-order valence-electron chi connectivity index (χ4n) is 2.90. The SMILES string of the molecule is CN(Cc1noc2c1CCCC2)C(=O)c1cn2ccsc2n1. The second kappa shape index (κ2) is 5.24. The molecule has 0 atom stereocenters. The number of rotatable bonds is 3. The average Bonchev–Trinajstić information content (AvgIpc) is 3.21. The Hall–Kier alpha value is -2.15. The van der Waals surface area contributed by atoms with Gasteiger partial charge in [0.05, 0.1) is 6.54 Å². The van der Waals surface area contributed by atoms with Crippen LogP contribution >= 0.6 is 11.3 Å². The predicted molar refractivity (Wildman–Crippen MR) is 82.0 cm³/mol. The van der Waals surface area contributed by atoms with E-state index in [0.29, 0.717) is 12.2 Å². The van der Waals surface area contributed by atoms with Crippen LogP contribution in [0.4, 0.5) is 0 Å². The summed E-state index contributed by atoms with van der Waals surface area (Å²) < 4.78 is 7.27. The molecule has 3 aromatic rings. The second-order valence-electron chi connectivity index (χ2n) is 5.62. The van der Waals surface area contributed by atoms with E-state index in [4.69, 9.17) is 4.52 Å². The molecule has 0 aliphatic heterocycles. The van der Waals surface area contributed by atoms with Gasteiger partial charge in [0.2, 0.25) is 0 Å². The first kappa shape index (κ1) is 13.5. The van der Waals surface area contributed by atoms with Gasteiger partial charge in [-0.15, -0.1) is 11.3 Å². The summed E-state index contributed by atoms with van der Waals surface area (Å²) >= 11 is 1.52. The number of imidazole rings is 1. The standard InChI is InChI=1S/C15H16N4O2S/c1-18(8-11-10-4-2-3-5-13(10)21-17-11)14(20)12-9-19-6-7-22-15(19)16-12/h6-7,9H,2-5,8H2,1H3. The van der Waals surface area contributed by atoms with Gasteiger partial charge in [-0.25, -0.2) is 4.98 Å². The average molecular weight is 316 g/mol. The van der Waals surface area contributed by atoms with Gasteiger partial charge in [-0.2, -0.15) is 0 Å². The van der Waals surface area contributed by atoms with E-state index in [2.05, 4.69) is 10.1 Å². The van der Waals surface area contributed by atoms with Crippen LogP contribution in [-0.2, 0) is 19.4 Å². The summed E-state index contributed by atoms with van der Waals surface area (Å²) in [6, 6.07) is 0. The third kappa shape index (κ3) is 2.21. The summed E-state index contributed by atoms with van der Waals surface area (Å²) in [6.07, 6.45) is 7.94. The minimum absolute atomic E-state index is 0.0940. The Bertz CT molecular complexity index is 803. The first-order valence-electron chi connectivity index (χ1n) is 7.36. The molecule has 0 saturated carbocycles. The summed E-state index contributed by atoms with van der Waals surface area (Å²) in [5.41, 5.74) is 2.54. The minimum Gasteiger partial charge on any atom is -0.361 e. The Morgan fingerprint density at radius 3 is 3.18 bits per heavy atom. The Morgan fingerprint density at radius 1 is 1.45 bits per heavy atom. The quantitative estimate of drug-likeness (QED) is 0.745. The number of carbonyl (C=O) groups excluding carboxylic acids is 1. The summed E-state index contributed by atoms with van der Waals surface area (Å²) in [6.45, 7) is 0.461. The molecule has 1 aliphatic carbocycles. The minimum atomic E-state index is -0.0940. The van der Waals surface area contributed by atoms with Gasteiger partial charge in [0.15, 0.2) is 4.96 Å². The Labute approximate surface area is 131 Å². The van der Waals surface area contributed by atoms with E-state index >= 15 is 0 Å². The third-order valence-corrected chi connectivity index (χ3v) is 4.85. The smallest absolute Gasteiger partial charge is 0.274 e. The van der Waals surface area contributed by atoms with Gasteiger partial charge in [-0.1, -0.05) is 5.16 Å². The topological polar surface area (TPSA) is 63.6 Å². The van der Waals surface area contributed by atoms with Gasteiger partial charge in [0, 0.05) is 36.8 Å². The summed E-state index contributed by atoms with van der Waals surface area (Å²) in [5, 5.41) is 6.10. The van der Waals surface area contributed by atoms with Crippen molar-refractivity contribution < 1.29 is 9.32 Å². The van der Waals surface area contributed by atoms with E-state index in [1.807, 2.05) is 16.0 Å². The molecular weight excluding hydrogens is 300 g/mol. The van der Waals surface area contributed by atoms with Gasteiger partial charge in [-0.3, -0.25) is 9.20 Å². The predicted octanol–water partition coefficient (Wildman–Crippen LogP) is 2.53. The lowest BCUT2D eigenvalue weighted by molar-refractivity contribution is 0.0777. The Morgan fingerprint density at radius 2 is 2.32 bits per heavy atom. The van der Waals surface area contributed by atoms with E-state index in [-0.39, 0.29) is 5.91 Å². The van der Waals surface area contributed by atoms with Crippen molar-refractivity contribution in [3.05, 3.63) is 40.5 Å². The maximum atomic E-state index is 12.5. The van der Waals surface area contributed by atoms with Crippen molar-refractivity contribution in [3.8, 4) is 0 Å². The number of aromatic nitrogens is 3. The first-order chi connectivity index (χ1) is 10.7. The number of hydrogen-bond donors (Lipinski definition) is 0. The maximum Gasteiger partial charge on any atom is 0.274 e. The number of aryl methyl sites for hydroxylation is 1. The van der Waals surface area contributed by atoms with E-state index in [0.717, 1.165) is 42.1 Å². The number of carbonyl (C=O) groups is 1. The monoisotopic (exact) mass is 316 g/mol. The number of amides is 1. The zero-order valence-corrected chi connectivity index (χ0v) is 13.1. The fourth-order valence-corrected chi connectivity index (χ4v) is 3.60. The molecule has 0 aromatic carbocycles. The molecule has 0 radical (unpaired) electrons. The van der Waals surface area contributed by atoms with Crippen molar-refractivity contribution in [2.24, 2.45) is 0 Å². The van der Waals surface area contributed by atoms with Crippen LogP contribution in [0.5, 0.6) is 0 Å². The highest BCUT2D eigenvalue weighted by Gasteiger charge is 2.23. The molecule has 3 aromatic heterocycles. The summed E-state index contributed by atoms with van der Waals surface area (Å²) in [7, 11) is 1.78. The van der Waals surface area contributed by atoms with Crippen molar-refractivity contribution in [1.29, 1.82) is 0 Å². The second-order valence-corrected chi connectivity index (χ2v) is 6.49. The number of thiazole rings is 1. The fraction of sp³-hybridized carbons (Fsp3) is 0.400. The molecule has 0 fully saturated rings. The van der Waals surface area contributed by atoms with Gasteiger partial charge >= 0.3 is 0 Å². The normalized spacial score (nSPS) is 14.2.